The lowest BCUT2D eigenvalue weighted by Crippen LogP contribution is -1.77. The summed E-state index contributed by atoms with van der Waals surface area (Å²) in [6, 6.07) is 16.3. The highest BCUT2D eigenvalue weighted by Crippen LogP contribution is 2.18. The zero-order chi connectivity index (χ0) is 11.4. The number of aryl methyl sites for hydroxylation is 1. The first-order chi connectivity index (χ1) is 7.75. The van der Waals surface area contributed by atoms with Gasteiger partial charge in [0.05, 0.1) is 0 Å². The van der Waals surface area contributed by atoms with Gasteiger partial charge in [0.25, 0.3) is 0 Å². The van der Waals surface area contributed by atoms with Crippen molar-refractivity contribution in [3.8, 4) is 0 Å². The van der Waals surface area contributed by atoms with Gasteiger partial charge in [0.2, 0.25) is 0 Å². The van der Waals surface area contributed by atoms with Gasteiger partial charge in [-0.3, -0.25) is 0 Å². The van der Waals surface area contributed by atoms with E-state index in [9.17, 15) is 0 Å². The summed E-state index contributed by atoms with van der Waals surface area (Å²) >= 11 is 6.06. The summed E-state index contributed by atoms with van der Waals surface area (Å²) in [4.78, 5) is 0. The van der Waals surface area contributed by atoms with Crippen LogP contribution >= 0.6 is 11.6 Å². The first-order valence-electron chi connectivity index (χ1n) is 5.25. The van der Waals surface area contributed by atoms with E-state index in [0.717, 1.165) is 16.1 Å². The fraction of sp³-hybridized carbons (Fsp3) is 0.0667. The normalized spacial score (nSPS) is 10.9. The van der Waals surface area contributed by atoms with Crippen LogP contribution in [0.5, 0.6) is 0 Å². The summed E-state index contributed by atoms with van der Waals surface area (Å²) in [5.41, 5.74) is 3.43. The van der Waals surface area contributed by atoms with Gasteiger partial charge in [-0.05, 0) is 29.7 Å². The molecule has 2 rings (SSSR count). The lowest BCUT2D eigenvalue weighted by atomic mass is 10.1. The molecule has 2 aromatic rings. The summed E-state index contributed by atoms with van der Waals surface area (Å²) < 4.78 is 0. The Kier molecular flexibility index (Phi) is 3.43. The number of hydrogen-bond donors (Lipinski definition) is 0. The lowest BCUT2D eigenvalue weighted by Gasteiger charge is -1.99. The van der Waals surface area contributed by atoms with E-state index in [0.29, 0.717) is 0 Å². The minimum Gasteiger partial charge on any atom is -0.0840 e. The molecule has 16 heavy (non-hydrogen) atoms. The van der Waals surface area contributed by atoms with Crippen molar-refractivity contribution in [3.63, 3.8) is 0 Å². The maximum atomic E-state index is 6.06. The van der Waals surface area contributed by atoms with Crippen molar-refractivity contribution in [2.45, 2.75) is 6.92 Å². The van der Waals surface area contributed by atoms with Gasteiger partial charge < -0.3 is 0 Å². The van der Waals surface area contributed by atoms with Crippen LogP contribution in [0.1, 0.15) is 16.7 Å². The summed E-state index contributed by atoms with van der Waals surface area (Å²) in [7, 11) is 0. The third-order valence-corrected chi connectivity index (χ3v) is 2.87. The number of rotatable bonds is 2. The first kappa shape index (κ1) is 11.0. The molecule has 0 spiro atoms. The Morgan fingerprint density at radius 2 is 1.56 bits per heavy atom. The van der Waals surface area contributed by atoms with Crippen LogP contribution in [-0.4, -0.2) is 0 Å². The summed E-state index contributed by atoms with van der Waals surface area (Å²) in [5.74, 6) is 0. The van der Waals surface area contributed by atoms with E-state index in [1.807, 2.05) is 37.3 Å². The molecule has 0 amide bonds. The Balaban J connectivity index is 2.21. The molecule has 80 valence electrons. The second kappa shape index (κ2) is 5.00. The maximum Gasteiger partial charge on any atom is 0.0441 e. The van der Waals surface area contributed by atoms with Crippen LogP contribution in [0, 0.1) is 6.92 Å². The molecule has 0 aliphatic rings. The third kappa shape index (κ3) is 2.74. The molecule has 1 heteroatoms. The van der Waals surface area contributed by atoms with Crippen LogP contribution in [0.2, 0.25) is 5.02 Å². The smallest absolute Gasteiger partial charge is 0.0441 e. The molecule has 0 aliphatic heterocycles. The van der Waals surface area contributed by atoms with Crippen molar-refractivity contribution in [3.05, 3.63) is 70.2 Å². The van der Waals surface area contributed by atoms with E-state index < -0.39 is 0 Å². The molecule has 0 unspecified atom stereocenters. The highest BCUT2D eigenvalue weighted by molar-refractivity contribution is 6.31. The van der Waals surface area contributed by atoms with Crippen LogP contribution < -0.4 is 0 Å². The van der Waals surface area contributed by atoms with Crippen molar-refractivity contribution in [1.82, 2.24) is 0 Å². The monoisotopic (exact) mass is 228 g/mol. The highest BCUT2D eigenvalue weighted by atomic mass is 35.5. The van der Waals surface area contributed by atoms with Crippen molar-refractivity contribution < 1.29 is 0 Å². The Bertz CT molecular complexity index is 498. The fourth-order valence-corrected chi connectivity index (χ4v) is 1.66. The van der Waals surface area contributed by atoms with Crippen molar-refractivity contribution in [2.75, 3.05) is 0 Å². The molecule has 0 heterocycles. The molecule has 0 aliphatic carbocycles. The molecular weight excluding hydrogens is 216 g/mol. The lowest BCUT2D eigenvalue weighted by molar-refractivity contribution is 1.46. The Morgan fingerprint density at radius 1 is 0.875 bits per heavy atom. The van der Waals surface area contributed by atoms with Crippen LogP contribution in [0.4, 0.5) is 0 Å². The van der Waals surface area contributed by atoms with Crippen LogP contribution in [0.25, 0.3) is 12.2 Å². The van der Waals surface area contributed by atoms with E-state index >= 15 is 0 Å². The highest BCUT2D eigenvalue weighted by Gasteiger charge is 1.94. The zero-order valence-corrected chi connectivity index (χ0v) is 9.91. The van der Waals surface area contributed by atoms with E-state index in [4.69, 9.17) is 11.6 Å². The molecule has 2 aromatic carbocycles. The van der Waals surface area contributed by atoms with Gasteiger partial charge in [0.1, 0.15) is 0 Å². The predicted octanol–water partition coefficient (Wildman–Crippen LogP) is 4.82. The molecule has 0 fully saturated rings. The van der Waals surface area contributed by atoms with Crippen molar-refractivity contribution in [2.24, 2.45) is 0 Å². The quantitative estimate of drug-likeness (QED) is 0.647. The van der Waals surface area contributed by atoms with Gasteiger partial charge >= 0.3 is 0 Å². The molecule has 0 bridgehead atoms. The summed E-state index contributed by atoms with van der Waals surface area (Å²) in [6.45, 7) is 2.01. The topological polar surface area (TPSA) is 0 Å². The van der Waals surface area contributed by atoms with E-state index in [1.165, 1.54) is 5.56 Å². The predicted molar refractivity (Wildman–Crippen MR) is 71.6 cm³/mol. The Hall–Kier alpha value is -1.53. The average Bonchev–Trinajstić information content (AvgIpc) is 2.32. The molecule has 0 nitrogen and oxygen atoms in total. The molecule has 0 atom stereocenters. The number of hydrogen-bond acceptors (Lipinski definition) is 0. The largest absolute Gasteiger partial charge is 0.0840 e. The van der Waals surface area contributed by atoms with Gasteiger partial charge in [-0.15, -0.1) is 0 Å². The van der Waals surface area contributed by atoms with E-state index in [-0.39, 0.29) is 0 Å². The average molecular weight is 229 g/mol. The second-order valence-electron chi connectivity index (χ2n) is 3.75. The van der Waals surface area contributed by atoms with Gasteiger partial charge in [0, 0.05) is 5.02 Å². The van der Waals surface area contributed by atoms with Gasteiger partial charge in [0.15, 0.2) is 0 Å². The molecule has 0 saturated carbocycles. The number of benzene rings is 2. The number of halogens is 1. The molecule has 0 N–H and O–H groups in total. The maximum absolute atomic E-state index is 6.06. The van der Waals surface area contributed by atoms with Crippen LogP contribution in [-0.2, 0) is 0 Å². The summed E-state index contributed by atoms with van der Waals surface area (Å²) in [6.07, 6.45) is 4.15. The molecular formula is C15H13Cl. The SMILES string of the molecule is Cc1ccc(C=Cc2ccccc2)cc1Cl. The molecule has 0 radical (unpaired) electrons. The van der Waals surface area contributed by atoms with Crippen molar-refractivity contribution >= 4 is 23.8 Å². The Labute approximate surface area is 101 Å². The molecule has 0 saturated heterocycles. The fourth-order valence-electron chi connectivity index (χ4n) is 1.47. The van der Waals surface area contributed by atoms with Gasteiger partial charge in [-0.25, -0.2) is 0 Å². The minimum absolute atomic E-state index is 0.815. The Morgan fingerprint density at radius 3 is 2.25 bits per heavy atom. The van der Waals surface area contributed by atoms with Crippen LogP contribution in [0.3, 0.4) is 0 Å². The third-order valence-electron chi connectivity index (χ3n) is 2.46. The minimum atomic E-state index is 0.815. The van der Waals surface area contributed by atoms with Crippen molar-refractivity contribution in [1.29, 1.82) is 0 Å². The second-order valence-corrected chi connectivity index (χ2v) is 4.16. The summed E-state index contributed by atoms with van der Waals surface area (Å²) in [5, 5.41) is 0.815. The van der Waals surface area contributed by atoms with E-state index in [2.05, 4.69) is 30.4 Å². The first-order valence-corrected chi connectivity index (χ1v) is 5.63. The zero-order valence-electron chi connectivity index (χ0n) is 9.15. The standard InChI is InChI=1S/C15H13Cl/c1-12-7-8-14(11-15(12)16)10-9-13-5-3-2-4-6-13/h2-11H,1H3. The van der Waals surface area contributed by atoms with Crippen LogP contribution in [0.15, 0.2) is 48.5 Å². The molecule has 0 aromatic heterocycles. The van der Waals surface area contributed by atoms with Gasteiger partial charge in [-0.2, -0.15) is 0 Å². The van der Waals surface area contributed by atoms with Gasteiger partial charge in [-0.1, -0.05) is 66.2 Å². The van der Waals surface area contributed by atoms with E-state index in [1.54, 1.807) is 0 Å².